The summed E-state index contributed by atoms with van der Waals surface area (Å²) in [5, 5.41) is 10.8. The summed E-state index contributed by atoms with van der Waals surface area (Å²) in [5.41, 5.74) is -1.00. The lowest BCUT2D eigenvalue weighted by molar-refractivity contribution is -0.143. The van der Waals surface area contributed by atoms with E-state index in [0.29, 0.717) is 0 Å². The third-order valence-electron chi connectivity index (χ3n) is 2.59. The minimum Gasteiger partial charge on any atom is -0.480 e. The average molecular weight is 305 g/mol. The van der Waals surface area contributed by atoms with Crippen molar-refractivity contribution in [3.05, 3.63) is 29.8 Å². The second-order valence-corrected chi connectivity index (χ2v) is 4.32. The van der Waals surface area contributed by atoms with Gasteiger partial charge in [0.25, 0.3) is 5.91 Å². The molecule has 1 amide bonds. The Kier molecular flexibility index (Phi) is 5.17. The van der Waals surface area contributed by atoms with Crippen molar-refractivity contribution in [1.29, 1.82) is 0 Å². The van der Waals surface area contributed by atoms with E-state index in [1.54, 1.807) is 0 Å². The SMILES string of the molecule is C[C@@H](NC(=O)[C@@H](C)Oc1ccccc1C(F)(F)F)C(=O)O. The van der Waals surface area contributed by atoms with Crippen LogP contribution in [0.3, 0.4) is 0 Å². The Morgan fingerprint density at radius 1 is 1.24 bits per heavy atom. The lowest BCUT2D eigenvalue weighted by atomic mass is 10.2. The van der Waals surface area contributed by atoms with E-state index in [1.807, 2.05) is 0 Å². The smallest absolute Gasteiger partial charge is 0.419 e. The van der Waals surface area contributed by atoms with Gasteiger partial charge in [-0.3, -0.25) is 9.59 Å². The molecule has 21 heavy (non-hydrogen) atoms. The standard InChI is InChI=1S/C13H14F3NO4/c1-7(12(19)20)17-11(18)8(2)21-10-6-4-3-5-9(10)13(14,15)16/h3-8H,1-2H3,(H,17,18)(H,19,20)/t7-,8-/m1/s1. The number of carboxylic acid groups (broad SMARTS) is 1. The van der Waals surface area contributed by atoms with E-state index in [2.05, 4.69) is 5.32 Å². The van der Waals surface area contributed by atoms with Gasteiger partial charge in [0.2, 0.25) is 0 Å². The highest BCUT2D eigenvalue weighted by atomic mass is 19.4. The Bertz CT molecular complexity index is 530. The number of aliphatic carboxylic acids is 1. The minimum absolute atomic E-state index is 0.490. The molecule has 1 aromatic carbocycles. The number of hydrogen-bond acceptors (Lipinski definition) is 3. The molecule has 1 aromatic rings. The maximum atomic E-state index is 12.8. The number of para-hydroxylation sites is 1. The van der Waals surface area contributed by atoms with E-state index in [9.17, 15) is 22.8 Å². The molecule has 0 aliphatic heterocycles. The number of carbonyl (C=O) groups excluding carboxylic acids is 1. The maximum absolute atomic E-state index is 12.8. The average Bonchev–Trinajstić information content (AvgIpc) is 2.37. The van der Waals surface area contributed by atoms with Gasteiger partial charge < -0.3 is 15.2 Å². The first-order valence-corrected chi connectivity index (χ1v) is 5.99. The van der Waals surface area contributed by atoms with Crippen LogP contribution in [0.25, 0.3) is 0 Å². The van der Waals surface area contributed by atoms with Crippen LogP contribution in [0.5, 0.6) is 5.75 Å². The number of nitrogens with one attached hydrogen (secondary N) is 1. The number of amides is 1. The van der Waals surface area contributed by atoms with Crippen molar-refractivity contribution in [2.75, 3.05) is 0 Å². The highest BCUT2D eigenvalue weighted by Gasteiger charge is 2.35. The van der Waals surface area contributed by atoms with Crippen LogP contribution in [0.4, 0.5) is 13.2 Å². The fourth-order valence-corrected chi connectivity index (χ4v) is 1.44. The molecule has 5 nitrogen and oxygen atoms in total. The fraction of sp³-hybridized carbons (Fsp3) is 0.385. The zero-order valence-corrected chi connectivity index (χ0v) is 11.3. The Hall–Kier alpha value is -2.25. The van der Waals surface area contributed by atoms with E-state index < -0.39 is 41.5 Å². The monoisotopic (exact) mass is 305 g/mol. The molecule has 0 radical (unpaired) electrons. The summed E-state index contributed by atoms with van der Waals surface area (Å²) < 4.78 is 43.3. The first-order chi connectivity index (χ1) is 9.62. The largest absolute Gasteiger partial charge is 0.480 e. The van der Waals surface area contributed by atoms with Crippen LogP contribution in [-0.2, 0) is 15.8 Å². The number of benzene rings is 1. The van der Waals surface area contributed by atoms with Crippen molar-refractivity contribution in [1.82, 2.24) is 5.32 Å². The highest BCUT2D eigenvalue weighted by molar-refractivity contribution is 5.86. The molecule has 2 N–H and O–H groups in total. The third-order valence-corrected chi connectivity index (χ3v) is 2.59. The number of ether oxygens (including phenoxy) is 1. The number of carbonyl (C=O) groups is 2. The molecule has 116 valence electrons. The van der Waals surface area contributed by atoms with Gasteiger partial charge in [0.1, 0.15) is 11.8 Å². The van der Waals surface area contributed by atoms with E-state index >= 15 is 0 Å². The van der Waals surface area contributed by atoms with Crippen molar-refractivity contribution in [2.24, 2.45) is 0 Å². The summed E-state index contributed by atoms with van der Waals surface area (Å²) in [6, 6.07) is 3.30. The molecule has 0 aliphatic carbocycles. The summed E-state index contributed by atoms with van der Waals surface area (Å²) in [4.78, 5) is 22.2. The lowest BCUT2D eigenvalue weighted by Crippen LogP contribution is -2.44. The van der Waals surface area contributed by atoms with Gasteiger partial charge in [0.05, 0.1) is 5.56 Å². The van der Waals surface area contributed by atoms with Crippen LogP contribution in [-0.4, -0.2) is 29.1 Å². The first-order valence-electron chi connectivity index (χ1n) is 5.99. The Labute approximate surface area is 118 Å². The second kappa shape index (κ2) is 6.47. The molecule has 0 fully saturated rings. The topological polar surface area (TPSA) is 75.6 Å². The highest BCUT2D eigenvalue weighted by Crippen LogP contribution is 2.36. The van der Waals surface area contributed by atoms with Gasteiger partial charge in [-0.05, 0) is 26.0 Å². The van der Waals surface area contributed by atoms with Crippen LogP contribution >= 0.6 is 0 Å². The molecule has 1 rings (SSSR count). The van der Waals surface area contributed by atoms with Gasteiger partial charge in [-0.15, -0.1) is 0 Å². The normalized spacial score (nSPS) is 14.1. The molecule has 0 saturated carbocycles. The van der Waals surface area contributed by atoms with Crippen molar-refractivity contribution >= 4 is 11.9 Å². The van der Waals surface area contributed by atoms with Gasteiger partial charge in [0, 0.05) is 0 Å². The molecular weight excluding hydrogens is 291 g/mol. The van der Waals surface area contributed by atoms with Gasteiger partial charge in [-0.1, -0.05) is 12.1 Å². The molecule has 0 spiro atoms. The van der Waals surface area contributed by atoms with Crippen molar-refractivity contribution in [2.45, 2.75) is 32.2 Å². The fourth-order valence-electron chi connectivity index (χ4n) is 1.44. The summed E-state index contributed by atoms with van der Waals surface area (Å²) >= 11 is 0. The first kappa shape index (κ1) is 16.8. The van der Waals surface area contributed by atoms with Crippen LogP contribution in [0.1, 0.15) is 19.4 Å². The molecule has 0 saturated heterocycles. The minimum atomic E-state index is -4.61. The lowest BCUT2D eigenvalue weighted by Gasteiger charge is -2.19. The van der Waals surface area contributed by atoms with E-state index in [0.717, 1.165) is 12.1 Å². The number of rotatable bonds is 5. The van der Waals surface area contributed by atoms with E-state index in [-0.39, 0.29) is 0 Å². The molecular formula is C13H14F3NO4. The third kappa shape index (κ3) is 4.66. The summed E-state index contributed by atoms with van der Waals surface area (Å²) in [5.74, 6) is -2.57. The number of hydrogen-bond donors (Lipinski definition) is 2. The Morgan fingerprint density at radius 3 is 2.33 bits per heavy atom. The predicted molar refractivity (Wildman–Crippen MR) is 66.8 cm³/mol. The summed E-state index contributed by atoms with van der Waals surface area (Å²) in [6.07, 6.45) is -5.88. The van der Waals surface area contributed by atoms with Crippen LogP contribution in [0.2, 0.25) is 0 Å². The Balaban J connectivity index is 2.82. The maximum Gasteiger partial charge on any atom is 0.419 e. The van der Waals surface area contributed by atoms with Crippen molar-refractivity contribution in [3.8, 4) is 5.75 Å². The van der Waals surface area contributed by atoms with Gasteiger partial charge in [-0.2, -0.15) is 13.2 Å². The molecule has 0 unspecified atom stereocenters. The molecule has 0 heterocycles. The second-order valence-electron chi connectivity index (χ2n) is 4.32. The molecule has 0 bridgehead atoms. The van der Waals surface area contributed by atoms with Crippen molar-refractivity contribution in [3.63, 3.8) is 0 Å². The molecule has 0 aromatic heterocycles. The van der Waals surface area contributed by atoms with Crippen LogP contribution < -0.4 is 10.1 Å². The van der Waals surface area contributed by atoms with Crippen molar-refractivity contribution < 1.29 is 32.6 Å². The summed E-state index contributed by atoms with van der Waals surface area (Å²) in [7, 11) is 0. The van der Waals surface area contributed by atoms with Crippen LogP contribution in [0.15, 0.2) is 24.3 Å². The van der Waals surface area contributed by atoms with Crippen LogP contribution in [0, 0.1) is 0 Å². The zero-order valence-electron chi connectivity index (χ0n) is 11.3. The summed E-state index contributed by atoms with van der Waals surface area (Å²) in [6.45, 7) is 2.47. The molecule has 8 heteroatoms. The van der Waals surface area contributed by atoms with Gasteiger partial charge >= 0.3 is 12.1 Å². The van der Waals surface area contributed by atoms with E-state index in [4.69, 9.17) is 9.84 Å². The predicted octanol–water partition coefficient (Wildman–Crippen LogP) is 2.06. The van der Waals surface area contributed by atoms with Gasteiger partial charge in [-0.25, -0.2) is 0 Å². The molecule has 0 aliphatic rings. The van der Waals surface area contributed by atoms with E-state index in [1.165, 1.54) is 26.0 Å². The number of halogens is 3. The van der Waals surface area contributed by atoms with Gasteiger partial charge in [0.15, 0.2) is 6.10 Å². The molecule has 2 atom stereocenters. The Morgan fingerprint density at radius 2 is 1.81 bits per heavy atom. The quantitative estimate of drug-likeness (QED) is 0.873. The zero-order chi connectivity index (χ0) is 16.2. The number of alkyl halides is 3. The number of carboxylic acids is 1.